The number of hydrogen-bond donors (Lipinski definition) is 1. The van der Waals surface area contributed by atoms with Gasteiger partial charge in [0, 0.05) is 17.3 Å². The standard InChI is InChI=1S/C15H10F6N2O2/c1-25-10-4-2-3-9(7-10)22-13(24)8-5-11(14(16,17)18)23-12(6-8)15(19,20)21/h2-7H,1H3,(H,22,24). The average molecular weight is 364 g/mol. The Kier molecular flexibility index (Phi) is 4.91. The molecule has 0 aliphatic heterocycles. The van der Waals surface area contributed by atoms with Gasteiger partial charge in [0.25, 0.3) is 5.91 Å². The maximum Gasteiger partial charge on any atom is 0.433 e. The second kappa shape index (κ2) is 6.61. The first kappa shape index (κ1) is 18.6. The van der Waals surface area contributed by atoms with Crippen molar-refractivity contribution in [2.75, 3.05) is 12.4 Å². The van der Waals surface area contributed by atoms with E-state index in [1.807, 2.05) is 0 Å². The Bertz CT molecular complexity index is 754. The summed E-state index contributed by atoms with van der Waals surface area (Å²) in [5, 5.41) is 2.21. The normalized spacial score (nSPS) is 12.0. The van der Waals surface area contributed by atoms with E-state index in [-0.39, 0.29) is 17.8 Å². The largest absolute Gasteiger partial charge is 0.497 e. The van der Waals surface area contributed by atoms with Crippen LogP contribution in [0.3, 0.4) is 0 Å². The smallest absolute Gasteiger partial charge is 0.433 e. The Morgan fingerprint density at radius 2 is 1.56 bits per heavy atom. The van der Waals surface area contributed by atoms with Crippen LogP contribution in [0.4, 0.5) is 32.0 Å². The molecule has 0 atom stereocenters. The minimum atomic E-state index is -5.13. The molecule has 1 aromatic heterocycles. The van der Waals surface area contributed by atoms with E-state index in [4.69, 9.17) is 4.74 Å². The quantitative estimate of drug-likeness (QED) is 0.823. The van der Waals surface area contributed by atoms with E-state index in [1.54, 1.807) is 6.07 Å². The number of nitrogens with one attached hydrogen (secondary N) is 1. The van der Waals surface area contributed by atoms with Crippen molar-refractivity contribution in [1.82, 2.24) is 4.98 Å². The Labute approximate surface area is 137 Å². The molecule has 0 aliphatic rings. The Balaban J connectivity index is 2.41. The lowest BCUT2D eigenvalue weighted by Gasteiger charge is -2.13. The number of methoxy groups -OCH3 is 1. The number of carbonyl (C=O) groups excluding carboxylic acids is 1. The number of aromatic nitrogens is 1. The number of carbonyl (C=O) groups is 1. The van der Waals surface area contributed by atoms with E-state index in [9.17, 15) is 31.1 Å². The molecule has 25 heavy (non-hydrogen) atoms. The lowest BCUT2D eigenvalue weighted by atomic mass is 10.1. The molecule has 0 fully saturated rings. The molecular formula is C15H10F6N2O2. The summed E-state index contributed by atoms with van der Waals surface area (Å²) in [6.45, 7) is 0. The van der Waals surface area contributed by atoms with Gasteiger partial charge in [-0.25, -0.2) is 4.98 Å². The molecule has 0 aliphatic carbocycles. The third kappa shape index (κ3) is 4.61. The molecular weight excluding hydrogens is 354 g/mol. The fourth-order valence-corrected chi connectivity index (χ4v) is 1.86. The van der Waals surface area contributed by atoms with Crippen LogP contribution < -0.4 is 10.1 Å². The third-order valence-electron chi connectivity index (χ3n) is 3.00. The number of alkyl halides is 6. The van der Waals surface area contributed by atoms with Gasteiger partial charge in [-0.3, -0.25) is 4.79 Å². The summed E-state index contributed by atoms with van der Waals surface area (Å²) in [6, 6.07) is 6.30. The van der Waals surface area contributed by atoms with Crippen LogP contribution in [0.25, 0.3) is 0 Å². The fourth-order valence-electron chi connectivity index (χ4n) is 1.86. The highest BCUT2D eigenvalue weighted by Gasteiger charge is 2.39. The lowest BCUT2D eigenvalue weighted by molar-refractivity contribution is -0.150. The van der Waals surface area contributed by atoms with Gasteiger partial charge in [-0.15, -0.1) is 0 Å². The van der Waals surface area contributed by atoms with Gasteiger partial charge >= 0.3 is 12.4 Å². The molecule has 1 heterocycles. The van der Waals surface area contributed by atoms with Gasteiger partial charge < -0.3 is 10.1 Å². The van der Waals surface area contributed by atoms with Crippen LogP contribution >= 0.6 is 0 Å². The van der Waals surface area contributed by atoms with Gasteiger partial charge in [-0.05, 0) is 24.3 Å². The first-order valence-corrected chi connectivity index (χ1v) is 6.62. The van der Waals surface area contributed by atoms with Gasteiger partial charge in [0.15, 0.2) is 0 Å². The molecule has 2 rings (SSSR count). The summed E-state index contributed by atoms with van der Waals surface area (Å²) in [6.07, 6.45) is -10.3. The van der Waals surface area contributed by atoms with Crippen molar-refractivity contribution in [2.24, 2.45) is 0 Å². The molecule has 4 nitrogen and oxygen atoms in total. The van der Waals surface area contributed by atoms with Crippen molar-refractivity contribution < 1.29 is 35.9 Å². The molecule has 10 heteroatoms. The van der Waals surface area contributed by atoms with Crippen molar-refractivity contribution in [3.63, 3.8) is 0 Å². The van der Waals surface area contributed by atoms with Crippen molar-refractivity contribution in [1.29, 1.82) is 0 Å². The lowest BCUT2D eigenvalue weighted by Crippen LogP contribution is -2.19. The molecule has 2 aromatic rings. The highest BCUT2D eigenvalue weighted by molar-refractivity contribution is 6.04. The molecule has 0 bridgehead atoms. The van der Waals surface area contributed by atoms with Gasteiger partial charge in [0.05, 0.1) is 7.11 Å². The van der Waals surface area contributed by atoms with Gasteiger partial charge in [0.1, 0.15) is 17.1 Å². The third-order valence-corrected chi connectivity index (χ3v) is 3.00. The van der Waals surface area contributed by atoms with Crippen LogP contribution in [0, 0.1) is 0 Å². The van der Waals surface area contributed by atoms with E-state index in [1.165, 1.54) is 25.3 Å². The molecule has 0 radical (unpaired) electrons. The van der Waals surface area contributed by atoms with Crippen LogP contribution in [0.5, 0.6) is 5.75 Å². The van der Waals surface area contributed by atoms with Crippen molar-refractivity contribution >= 4 is 11.6 Å². The number of anilines is 1. The SMILES string of the molecule is COc1cccc(NC(=O)c2cc(C(F)(F)F)nc(C(F)(F)F)c2)c1. The number of hydrogen-bond acceptors (Lipinski definition) is 3. The number of halogens is 6. The van der Waals surface area contributed by atoms with Gasteiger partial charge in [-0.1, -0.05) is 6.07 Å². The van der Waals surface area contributed by atoms with Gasteiger partial charge in [0.2, 0.25) is 0 Å². The number of nitrogens with zero attached hydrogens (tertiary/aromatic N) is 1. The van der Waals surface area contributed by atoms with Crippen LogP contribution in [-0.4, -0.2) is 18.0 Å². The summed E-state index contributed by atoms with van der Waals surface area (Å²) in [7, 11) is 1.36. The molecule has 0 saturated carbocycles. The second-order valence-corrected chi connectivity index (χ2v) is 4.81. The van der Waals surface area contributed by atoms with E-state index >= 15 is 0 Å². The minimum absolute atomic E-state index is 0.142. The highest BCUT2D eigenvalue weighted by Crippen LogP contribution is 2.34. The van der Waals surface area contributed by atoms with Crippen molar-refractivity contribution in [2.45, 2.75) is 12.4 Å². The predicted octanol–water partition coefficient (Wildman–Crippen LogP) is 4.38. The van der Waals surface area contributed by atoms with Crippen LogP contribution in [0.15, 0.2) is 36.4 Å². The Morgan fingerprint density at radius 1 is 1.00 bits per heavy atom. The van der Waals surface area contributed by atoms with E-state index < -0.39 is 35.2 Å². The molecule has 0 saturated heterocycles. The zero-order chi connectivity index (χ0) is 18.8. The summed E-state index contributed by atoms with van der Waals surface area (Å²) in [5.74, 6) is -0.800. The Hall–Kier alpha value is -2.78. The summed E-state index contributed by atoms with van der Waals surface area (Å²) in [5.41, 5.74) is -4.29. The second-order valence-electron chi connectivity index (χ2n) is 4.81. The molecule has 1 aromatic carbocycles. The first-order valence-electron chi connectivity index (χ1n) is 6.62. The van der Waals surface area contributed by atoms with Crippen molar-refractivity contribution in [3.8, 4) is 5.75 Å². The van der Waals surface area contributed by atoms with E-state index in [2.05, 4.69) is 10.3 Å². The maximum atomic E-state index is 12.7. The minimum Gasteiger partial charge on any atom is -0.497 e. The van der Waals surface area contributed by atoms with E-state index in [0.717, 1.165) is 0 Å². The molecule has 0 unspecified atom stereocenters. The predicted molar refractivity (Wildman–Crippen MR) is 75.2 cm³/mol. The van der Waals surface area contributed by atoms with Crippen molar-refractivity contribution in [3.05, 3.63) is 53.3 Å². The van der Waals surface area contributed by atoms with E-state index in [0.29, 0.717) is 5.75 Å². The maximum absolute atomic E-state index is 12.7. The summed E-state index contributed by atoms with van der Waals surface area (Å²) >= 11 is 0. The number of rotatable bonds is 3. The molecule has 0 spiro atoms. The fraction of sp³-hybridized carbons (Fsp3) is 0.200. The van der Waals surface area contributed by atoms with Gasteiger partial charge in [-0.2, -0.15) is 26.3 Å². The topological polar surface area (TPSA) is 51.2 Å². The summed E-state index contributed by atoms with van der Waals surface area (Å²) < 4.78 is 81.4. The van der Waals surface area contributed by atoms with Crippen LogP contribution in [0.2, 0.25) is 0 Å². The number of ether oxygens (including phenoxy) is 1. The molecule has 1 N–H and O–H groups in total. The zero-order valence-corrected chi connectivity index (χ0v) is 12.5. The molecule has 1 amide bonds. The monoisotopic (exact) mass is 364 g/mol. The molecule has 134 valence electrons. The summed E-state index contributed by atoms with van der Waals surface area (Å²) in [4.78, 5) is 14.6. The number of pyridine rings is 1. The number of amides is 1. The number of benzene rings is 1. The van der Waals surface area contributed by atoms with Crippen LogP contribution in [-0.2, 0) is 12.4 Å². The average Bonchev–Trinajstić information content (AvgIpc) is 2.53. The highest BCUT2D eigenvalue weighted by atomic mass is 19.4. The Morgan fingerprint density at radius 3 is 2.04 bits per heavy atom. The zero-order valence-electron chi connectivity index (χ0n) is 12.5. The van der Waals surface area contributed by atoms with Crippen LogP contribution in [0.1, 0.15) is 21.7 Å². The first-order chi connectivity index (χ1) is 11.5.